The van der Waals surface area contributed by atoms with Crippen LogP contribution in [-0.4, -0.2) is 16.8 Å². The first-order chi connectivity index (χ1) is 7.34. The fraction of sp³-hybridized carbons (Fsp3) is 0.538. The van der Waals surface area contributed by atoms with Gasteiger partial charge in [0.25, 0.3) is 0 Å². The highest BCUT2D eigenvalue weighted by Gasteiger charge is 2.02. The van der Waals surface area contributed by atoms with Gasteiger partial charge in [-0.25, -0.2) is 0 Å². The first-order valence-electron chi connectivity index (χ1n) is 5.68. The standard InChI is InChI=1S/C8H10O2.C5H10/c9-6-8(10)7-4-2-1-3-5-7;1-2-4-5-3-1/h1-5,8-10H,6H2;1-5H2. The molecule has 0 amide bonds. The Labute approximate surface area is 91.6 Å². The van der Waals surface area contributed by atoms with Crippen LogP contribution in [0.4, 0.5) is 0 Å². The third kappa shape index (κ3) is 4.96. The summed E-state index contributed by atoms with van der Waals surface area (Å²) in [5.41, 5.74) is 0.755. The predicted octanol–water partition coefficient (Wildman–Crippen LogP) is 2.66. The van der Waals surface area contributed by atoms with Crippen LogP contribution < -0.4 is 0 Å². The smallest absolute Gasteiger partial charge is 0.102 e. The molecule has 2 N–H and O–H groups in total. The molecule has 84 valence electrons. The van der Waals surface area contributed by atoms with Gasteiger partial charge in [-0.05, 0) is 5.56 Å². The Bertz CT molecular complexity index is 234. The number of aliphatic hydroxyl groups is 2. The number of rotatable bonds is 2. The Hall–Kier alpha value is -0.860. The van der Waals surface area contributed by atoms with Crippen molar-refractivity contribution in [1.29, 1.82) is 0 Å². The summed E-state index contributed by atoms with van der Waals surface area (Å²) in [6.45, 7) is -0.218. The van der Waals surface area contributed by atoms with Gasteiger partial charge in [-0.3, -0.25) is 0 Å². The molecule has 1 aromatic carbocycles. The lowest BCUT2D eigenvalue weighted by Gasteiger charge is -2.05. The largest absolute Gasteiger partial charge is 0.393 e. The van der Waals surface area contributed by atoms with Crippen LogP contribution in [0.3, 0.4) is 0 Å². The van der Waals surface area contributed by atoms with E-state index >= 15 is 0 Å². The molecule has 1 unspecified atom stereocenters. The minimum absolute atomic E-state index is 0.218. The maximum atomic E-state index is 9.08. The van der Waals surface area contributed by atoms with Crippen molar-refractivity contribution in [3.63, 3.8) is 0 Å². The van der Waals surface area contributed by atoms with E-state index in [1.54, 1.807) is 12.1 Å². The first-order valence-corrected chi connectivity index (χ1v) is 5.68. The van der Waals surface area contributed by atoms with Crippen LogP contribution in [0, 0.1) is 0 Å². The molecule has 1 saturated carbocycles. The van der Waals surface area contributed by atoms with Crippen LogP contribution in [0.2, 0.25) is 0 Å². The van der Waals surface area contributed by atoms with Gasteiger partial charge in [-0.15, -0.1) is 0 Å². The predicted molar refractivity (Wildman–Crippen MR) is 61.6 cm³/mol. The zero-order valence-corrected chi connectivity index (χ0v) is 9.10. The highest BCUT2D eigenvalue weighted by Crippen LogP contribution is 2.15. The molecule has 0 saturated heterocycles. The summed E-state index contributed by atoms with van der Waals surface area (Å²) in [4.78, 5) is 0. The topological polar surface area (TPSA) is 40.5 Å². The molecular formula is C13H20O2. The zero-order chi connectivity index (χ0) is 10.9. The second-order valence-electron chi connectivity index (χ2n) is 3.88. The summed E-state index contributed by atoms with van der Waals surface area (Å²) in [5.74, 6) is 0. The van der Waals surface area contributed by atoms with Crippen LogP contribution in [0.15, 0.2) is 30.3 Å². The Morgan fingerprint density at radius 1 is 0.933 bits per heavy atom. The molecule has 0 heterocycles. The number of hydrogen-bond acceptors (Lipinski definition) is 2. The molecule has 0 aliphatic heterocycles. The van der Waals surface area contributed by atoms with Crippen LogP contribution in [0.1, 0.15) is 43.8 Å². The van der Waals surface area contributed by atoms with E-state index in [9.17, 15) is 0 Å². The van der Waals surface area contributed by atoms with Gasteiger partial charge in [-0.2, -0.15) is 0 Å². The van der Waals surface area contributed by atoms with E-state index in [-0.39, 0.29) is 6.61 Å². The third-order valence-electron chi connectivity index (χ3n) is 2.61. The lowest BCUT2D eigenvalue weighted by atomic mass is 10.1. The Morgan fingerprint density at radius 3 is 1.80 bits per heavy atom. The average Bonchev–Trinajstić information content (AvgIpc) is 2.88. The molecule has 0 radical (unpaired) electrons. The van der Waals surface area contributed by atoms with Gasteiger partial charge >= 0.3 is 0 Å². The van der Waals surface area contributed by atoms with Gasteiger partial charge in [0.1, 0.15) is 6.10 Å². The highest BCUT2D eigenvalue weighted by molar-refractivity contribution is 5.16. The van der Waals surface area contributed by atoms with E-state index in [1.165, 1.54) is 32.1 Å². The summed E-state index contributed by atoms with van der Waals surface area (Å²) in [6, 6.07) is 9.08. The van der Waals surface area contributed by atoms with Gasteiger partial charge in [0.2, 0.25) is 0 Å². The minimum atomic E-state index is -0.735. The average molecular weight is 208 g/mol. The first kappa shape index (κ1) is 12.2. The highest BCUT2D eigenvalue weighted by atomic mass is 16.3. The number of aliphatic hydroxyl groups excluding tert-OH is 2. The molecule has 1 fully saturated rings. The Balaban J connectivity index is 0.000000187. The zero-order valence-electron chi connectivity index (χ0n) is 9.10. The maximum Gasteiger partial charge on any atom is 0.102 e. The summed E-state index contributed by atoms with van der Waals surface area (Å²) in [7, 11) is 0. The van der Waals surface area contributed by atoms with Crippen molar-refractivity contribution >= 4 is 0 Å². The molecule has 2 nitrogen and oxygen atoms in total. The summed E-state index contributed by atoms with van der Waals surface area (Å²) >= 11 is 0. The van der Waals surface area contributed by atoms with E-state index in [0.29, 0.717) is 0 Å². The molecule has 1 aromatic rings. The minimum Gasteiger partial charge on any atom is -0.393 e. The van der Waals surface area contributed by atoms with Crippen LogP contribution >= 0.6 is 0 Å². The van der Waals surface area contributed by atoms with Crippen molar-refractivity contribution in [2.45, 2.75) is 38.2 Å². The fourth-order valence-electron chi connectivity index (χ4n) is 1.66. The molecule has 0 bridgehead atoms. The summed E-state index contributed by atoms with van der Waals surface area (Å²) in [6.07, 6.45) is 6.76. The van der Waals surface area contributed by atoms with Crippen molar-refractivity contribution in [2.75, 3.05) is 6.61 Å². The van der Waals surface area contributed by atoms with Crippen molar-refractivity contribution in [1.82, 2.24) is 0 Å². The molecule has 15 heavy (non-hydrogen) atoms. The molecule has 1 aliphatic carbocycles. The van der Waals surface area contributed by atoms with E-state index in [0.717, 1.165) is 5.56 Å². The van der Waals surface area contributed by atoms with E-state index in [4.69, 9.17) is 10.2 Å². The summed E-state index contributed by atoms with van der Waals surface area (Å²) in [5, 5.41) is 17.6. The molecule has 2 rings (SSSR count). The van der Waals surface area contributed by atoms with Crippen LogP contribution in [0.5, 0.6) is 0 Å². The Morgan fingerprint density at radius 2 is 1.40 bits per heavy atom. The van der Waals surface area contributed by atoms with Gasteiger partial charge < -0.3 is 10.2 Å². The van der Waals surface area contributed by atoms with Crippen LogP contribution in [-0.2, 0) is 0 Å². The normalized spacial score (nSPS) is 16.7. The van der Waals surface area contributed by atoms with Gasteiger partial charge in [0.15, 0.2) is 0 Å². The van der Waals surface area contributed by atoms with E-state index < -0.39 is 6.10 Å². The van der Waals surface area contributed by atoms with Crippen LogP contribution in [0.25, 0.3) is 0 Å². The van der Waals surface area contributed by atoms with E-state index in [2.05, 4.69) is 0 Å². The molecule has 0 aromatic heterocycles. The lowest BCUT2D eigenvalue weighted by molar-refractivity contribution is 0.0956. The van der Waals surface area contributed by atoms with Gasteiger partial charge in [-0.1, -0.05) is 62.4 Å². The van der Waals surface area contributed by atoms with E-state index in [1.807, 2.05) is 18.2 Å². The number of benzene rings is 1. The molecule has 1 atom stereocenters. The molecular weight excluding hydrogens is 188 g/mol. The lowest BCUT2D eigenvalue weighted by Crippen LogP contribution is -2.01. The van der Waals surface area contributed by atoms with Crippen molar-refractivity contribution < 1.29 is 10.2 Å². The third-order valence-corrected chi connectivity index (χ3v) is 2.61. The maximum absolute atomic E-state index is 9.08. The van der Waals surface area contributed by atoms with Gasteiger partial charge in [0.05, 0.1) is 6.61 Å². The monoisotopic (exact) mass is 208 g/mol. The molecule has 0 spiro atoms. The van der Waals surface area contributed by atoms with Crippen molar-refractivity contribution in [3.05, 3.63) is 35.9 Å². The quantitative estimate of drug-likeness (QED) is 0.784. The second-order valence-corrected chi connectivity index (χ2v) is 3.88. The van der Waals surface area contributed by atoms with Gasteiger partial charge in [0, 0.05) is 0 Å². The molecule has 1 aliphatic rings. The summed E-state index contributed by atoms with van der Waals surface area (Å²) < 4.78 is 0. The van der Waals surface area contributed by atoms with Crippen molar-refractivity contribution in [3.8, 4) is 0 Å². The van der Waals surface area contributed by atoms with Crippen molar-refractivity contribution in [2.24, 2.45) is 0 Å². The Kier molecular flexibility index (Phi) is 6.05. The molecule has 2 heteroatoms. The SMILES string of the molecule is C1CCCC1.OCC(O)c1ccccc1. The number of hydrogen-bond donors (Lipinski definition) is 2. The fourth-order valence-corrected chi connectivity index (χ4v) is 1.66. The second kappa shape index (κ2) is 7.43.